The Bertz CT molecular complexity index is 641. The lowest BCUT2D eigenvalue weighted by molar-refractivity contribution is 0.168. The van der Waals surface area contributed by atoms with Crippen LogP contribution in [0.5, 0.6) is 0 Å². The first-order valence-corrected chi connectivity index (χ1v) is 7.42. The van der Waals surface area contributed by atoms with Crippen molar-refractivity contribution in [1.82, 2.24) is 0 Å². The van der Waals surface area contributed by atoms with E-state index in [9.17, 15) is 9.50 Å². The first kappa shape index (κ1) is 14.1. The Morgan fingerprint density at radius 1 is 1.24 bits per heavy atom. The number of hydrogen-bond acceptors (Lipinski definition) is 2. The van der Waals surface area contributed by atoms with E-state index >= 15 is 0 Å². The molecule has 1 heterocycles. The van der Waals surface area contributed by atoms with Crippen LogP contribution in [0, 0.1) is 12.7 Å². The van der Waals surface area contributed by atoms with E-state index in [0.29, 0.717) is 6.54 Å². The normalized spacial score (nSPS) is 18.2. The molecule has 21 heavy (non-hydrogen) atoms. The molecule has 0 bridgehead atoms. The highest BCUT2D eigenvalue weighted by Gasteiger charge is 2.21. The molecule has 0 aromatic heterocycles. The summed E-state index contributed by atoms with van der Waals surface area (Å²) in [7, 11) is 0. The van der Waals surface area contributed by atoms with Crippen LogP contribution >= 0.6 is 0 Å². The molecule has 1 N–H and O–H groups in total. The van der Waals surface area contributed by atoms with Gasteiger partial charge in [0.05, 0.1) is 6.10 Å². The maximum atomic E-state index is 13.5. The maximum Gasteiger partial charge on any atom is 0.123 e. The average Bonchev–Trinajstić information content (AvgIpc) is 2.64. The number of aliphatic hydroxyl groups is 1. The van der Waals surface area contributed by atoms with Crippen LogP contribution < -0.4 is 4.90 Å². The molecule has 0 aliphatic carbocycles. The van der Waals surface area contributed by atoms with Crippen molar-refractivity contribution >= 4 is 5.69 Å². The predicted molar refractivity (Wildman–Crippen MR) is 82.8 cm³/mol. The first-order chi connectivity index (χ1) is 10.1. The molecule has 2 aromatic rings. The second-order valence-electron chi connectivity index (χ2n) is 5.71. The first-order valence-electron chi connectivity index (χ1n) is 7.42. The molecule has 2 nitrogen and oxygen atoms in total. The smallest absolute Gasteiger partial charge is 0.123 e. The van der Waals surface area contributed by atoms with E-state index in [2.05, 4.69) is 4.90 Å². The number of hydrogen-bond donors (Lipinski definition) is 1. The lowest BCUT2D eigenvalue weighted by Gasteiger charge is -2.26. The number of fused-ring (bicyclic) bond motifs is 1. The number of para-hydroxylation sites is 1. The summed E-state index contributed by atoms with van der Waals surface area (Å²) < 4.78 is 13.5. The van der Waals surface area contributed by atoms with Crippen molar-refractivity contribution in [3.63, 3.8) is 0 Å². The third-order valence-corrected chi connectivity index (χ3v) is 4.21. The fourth-order valence-electron chi connectivity index (χ4n) is 2.99. The number of benzene rings is 2. The van der Waals surface area contributed by atoms with Crippen molar-refractivity contribution in [1.29, 1.82) is 0 Å². The van der Waals surface area contributed by atoms with Crippen molar-refractivity contribution < 1.29 is 9.50 Å². The molecule has 1 aliphatic rings. The summed E-state index contributed by atoms with van der Waals surface area (Å²) >= 11 is 0. The fraction of sp³-hybridized carbons (Fsp3) is 0.333. The Balaban J connectivity index is 1.95. The van der Waals surface area contributed by atoms with Gasteiger partial charge in [0.25, 0.3) is 0 Å². The van der Waals surface area contributed by atoms with E-state index in [4.69, 9.17) is 0 Å². The molecular weight excluding hydrogens is 265 g/mol. The number of halogens is 1. The molecule has 0 radical (unpaired) electrons. The van der Waals surface area contributed by atoms with Gasteiger partial charge in [-0.2, -0.15) is 0 Å². The van der Waals surface area contributed by atoms with Gasteiger partial charge in [-0.1, -0.05) is 24.3 Å². The molecule has 0 amide bonds. The molecule has 0 fully saturated rings. The predicted octanol–water partition coefficient (Wildman–Crippen LogP) is 3.97. The Hall–Kier alpha value is -1.87. The van der Waals surface area contributed by atoms with E-state index in [1.54, 1.807) is 6.07 Å². The zero-order valence-corrected chi connectivity index (χ0v) is 12.2. The number of aliphatic hydroxyl groups excluding tert-OH is 1. The van der Waals surface area contributed by atoms with Crippen molar-refractivity contribution in [2.75, 3.05) is 11.4 Å². The standard InChI is InChI=1S/C18H20FNO/c1-13-8-9-15(19)11-14(13)12-20-10-4-7-18(21)16-5-2-3-6-17(16)20/h2-3,5-6,8-9,11,18,21H,4,7,10,12H2,1H3. The van der Waals surface area contributed by atoms with Crippen LogP contribution in [0.25, 0.3) is 0 Å². The molecule has 0 saturated heterocycles. The van der Waals surface area contributed by atoms with Crippen LogP contribution in [0.15, 0.2) is 42.5 Å². The van der Waals surface area contributed by atoms with Crippen molar-refractivity contribution in [3.8, 4) is 0 Å². The van der Waals surface area contributed by atoms with Gasteiger partial charge in [0.15, 0.2) is 0 Å². The summed E-state index contributed by atoms with van der Waals surface area (Å²) in [6.45, 7) is 3.56. The molecule has 0 spiro atoms. The quantitative estimate of drug-likeness (QED) is 0.902. The molecule has 1 atom stereocenters. The van der Waals surface area contributed by atoms with E-state index in [1.165, 1.54) is 6.07 Å². The van der Waals surface area contributed by atoms with Gasteiger partial charge in [-0.3, -0.25) is 0 Å². The number of rotatable bonds is 2. The molecule has 0 saturated carbocycles. The molecule has 3 rings (SSSR count). The third-order valence-electron chi connectivity index (χ3n) is 4.21. The van der Waals surface area contributed by atoms with Crippen LogP contribution in [-0.4, -0.2) is 11.7 Å². The second-order valence-corrected chi connectivity index (χ2v) is 5.71. The Labute approximate surface area is 124 Å². The highest BCUT2D eigenvalue weighted by Crippen LogP contribution is 2.33. The largest absolute Gasteiger partial charge is 0.388 e. The van der Waals surface area contributed by atoms with Gasteiger partial charge >= 0.3 is 0 Å². The van der Waals surface area contributed by atoms with E-state index in [1.807, 2.05) is 37.3 Å². The van der Waals surface area contributed by atoms with Gasteiger partial charge < -0.3 is 10.0 Å². The summed E-state index contributed by atoms with van der Waals surface area (Å²) in [6.07, 6.45) is 1.31. The van der Waals surface area contributed by atoms with E-state index < -0.39 is 6.10 Å². The zero-order valence-electron chi connectivity index (χ0n) is 12.2. The topological polar surface area (TPSA) is 23.5 Å². The molecule has 1 unspecified atom stereocenters. The SMILES string of the molecule is Cc1ccc(F)cc1CN1CCCC(O)c2ccccc21. The highest BCUT2D eigenvalue weighted by molar-refractivity contribution is 5.56. The van der Waals surface area contributed by atoms with Crippen LogP contribution in [0.1, 0.15) is 35.6 Å². The van der Waals surface area contributed by atoms with Crippen LogP contribution in [0.3, 0.4) is 0 Å². The Kier molecular flexibility index (Phi) is 3.93. The monoisotopic (exact) mass is 285 g/mol. The zero-order chi connectivity index (χ0) is 14.8. The lowest BCUT2D eigenvalue weighted by Crippen LogP contribution is -2.24. The summed E-state index contributed by atoms with van der Waals surface area (Å²) in [4.78, 5) is 2.24. The van der Waals surface area contributed by atoms with Gasteiger partial charge in [0, 0.05) is 24.3 Å². The summed E-state index contributed by atoms with van der Waals surface area (Å²) in [6, 6.07) is 12.9. The molecular formula is C18H20FNO. The molecule has 1 aliphatic heterocycles. The van der Waals surface area contributed by atoms with Gasteiger partial charge in [0.1, 0.15) is 5.82 Å². The third kappa shape index (κ3) is 2.93. The van der Waals surface area contributed by atoms with Crippen molar-refractivity contribution in [2.45, 2.75) is 32.4 Å². The Morgan fingerprint density at radius 2 is 2.05 bits per heavy atom. The highest BCUT2D eigenvalue weighted by atomic mass is 19.1. The molecule has 3 heteroatoms. The minimum Gasteiger partial charge on any atom is -0.388 e. The number of aryl methyl sites for hydroxylation is 1. The van der Waals surface area contributed by atoms with Crippen LogP contribution in [0.2, 0.25) is 0 Å². The minimum atomic E-state index is -0.403. The Morgan fingerprint density at radius 3 is 2.90 bits per heavy atom. The average molecular weight is 285 g/mol. The minimum absolute atomic E-state index is 0.196. The summed E-state index contributed by atoms with van der Waals surface area (Å²) in [5, 5.41) is 10.2. The van der Waals surface area contributed by atoms with Crippen LogP contribution in [-0.2, 0) is 6.54 Å². The lowest BCUT2D eigenvalue weighted by atomic mass is 10.0. The number of nitrogens with zero attached hydrogens (tertiary/aromatic N) is 1. The maximum absolute atomic E-state index is 13.5. The number of anilines is 1. The van der Waals surface area contributed by atoms with Crippen LogP contribution in [0.4, 0.5) is 10.1 Å². The van der Waals surface area contributed by atoms with E-state index in [-0.39, 0.29) is 5.82 Å². The van der Waals surface area contributed by atoms with Gasteiger partial charge in [-0.25, -0.2) is 4.39 Å². The summed E-state index contributed by atoms with van der Waals surface area (Å²) in [5.41, 5.74) is 4.13. The summed E-state index contributed by atoms with van der Waals surface area (Å²) in [5.74, 6) is -0.196. The van der Waals surface area contributed by atoms with Gasteiger partial charge in [-0.15, -0.1) is 0 Å². The van der Waals surface area contributed by atoms with E-state index in [0.717, 1.165) is 41.8 Å². The molecule has 2 aromatic carbocycles. The van der Waals surface area contributed by atoms with Crippen molar-refractivity contribution in [3.05, 3.63) is 65.0 Å². The molecule has 110 valence electrons. The fourth-order valence-corrected chi connectivity index (χ4v) is 2.99. The second kappa shape index (κ2) is 5.86. The van der Waals surface area contributed by atoms with Gasteiger partial charge in [0.2, 0.25) is 0 Å². The van der Waals surface area contributed by atoms with Gasteiger partial charge in [-0.05, 0) is 49.1 Å². The van der Waals surface area contributed by atoms with Crippen molar-refractivity contribution in [2.24, 2.45) is 0 Å².